The zero-order valence-corrected chi connectivity index (χ0v) is 15.4. The molecule has 142 valence electrons. The zero-order valence-electron chi connectivity index (χ0n) is 14.6. The summed E-state index contributed by atoms with van der Waals surface area (Å²) in [4.78, 5) is 24.0. The van der Waals surface area contributed by atoms with Gasteiger partial charge in [-0.05, 0) is 30.9 Å². The van der Waals surface area contributed by atoms with Crippen molar-refractivity contribution in [2.24, 2.45) is 5.92 Å². The normalized spacial score (nSPS) is 22.1. The van der Waals surface area contributed by atoms with Gasteiger partial charge in [0.15, 0.2) is 0 Å². The van der Waals surface area contributed by atoms with Gasteiger partial charge in [0.2, 0.25) is 15.9 Å². The lowest BCUT2D eigenvalue weighted by Crippen LogP contribution is -2.47. The Hall–Kier alpha value is -2.20. The van der Waals surface area contributed by atoms with Crippen molar-refractivity contribution in [2.75, 3.05) is 37.6 Å². The molecule has 2 heterocycles. The van der Waals surface area contributed by atoms with E-state index in [-0.39, 0.29) is 34.6 Å². The van der Waals surface area contributed by atoms with Crippen LogP contribution in [0.2, 0.25) is 0 Å². The third kappa shape index (κ3) is 3.65. The molecule has 10 heteroatoms. The first-order valence-corrected chi connectivity index (χ1v) is 10.0. The van der Waals surface area contributed by atoms with Crippen LogP contribution in [0.4, 0.5) is 11.4 Å². The smallest absolute Gasteiger partial charge is 0.293 e. The van der Waals surface area contributed by atoms with E-state index in [4.69, 9.17) is 0 Å². The summed E-state index contributed by atoms with van der Waals surface area (Å²) in [5.74, 6) is 0.0456. The van der Waals surface area contributed by atoms with Gasteiger partial charge in [-0.1, -0.05) is 6.92 Å². The summed E-state index contributed by atoms with van der Waals surface area (Å²) in [5.41, 5.74) is -0.0401. The number of anilines is 1. The summed E-state index contributed by atoms with van der Waals surface area (Å²) >= 11 is 0. The first kappa shape index (κ1) is 18.6. The minimum atomic E-state index is -3.78. The number of piperazine rings is 1. The molecule has 1 atom stereocenters. The van der Waals surface area contributed by atoms with Gasteiger partial charge in [0.1, 0.15) is 5.69 Å². The maximum Gasteiger partial charge on any atom is 0.293 e. The zero-order chi connectivity index (χ0) is 18.9. The number of carbonyl (C=O) groups is 1. The van der Waals surface area contributed by atoms with Crippen molar-refractivity contribution in [1.29, 1.82) is 0 Å². The highest BCUT2D eigenvalue weighted by Crippen LogP contribution is 2.33. The second kappa shape index (κ2) is 7.20. The van der Waals surface area contributed by atoms with Crippen molar-refractivity contribution in [2.45, 2.75) is 24.7 Å². The molecule has 26 heavy (non-hydrogen) atoms. The number of nitrogens with one attached hydrogen (secondary N) is 1. The van der Waals surface area contributed by atoms with E-state index in [0.29, 0.717) is 26.2 Å². The molecule has 3 rings (SSSR count). The lowest BCUT2D eigenvalue weighted by atomic mass is 10.0. The number of hydrogen-bond donors (Lipinski definition) is 1. The van der Waals surface area contributed by atoms with Crippen molar-refractivity contribution in [3.05, 3.63) is 28.3 Å². The molecule has 2 aliphatic heterocycles. The van der Waals surface area contributed by atoms with Crippen molar-refractivity contribution in [3.63, 3.8) is 0 Å². The van der Waals surface area contributed by atoms with Crippen LogP contribution < -0.4 is 10.2 Å². The maximum atomic E-state index is 12.9. The number of nitro benzene ring substituents is 1. The molecular formula is C16H22N4O5S. The average Bonchev–Trinajstić information content (AvgIpc) is 2.61. The Bertz CT molecular complexity index is 826. The molecule has 2 fully saturated rings. The molecule has 0 aliphatic carbocycles. The Balaban J connectivity index is 1.95. The van der Waals surface area contributed by atoms with E-state index < -0.39 is 14.9 Å². The topological polar surface area (TPSA) is 113 Å². The molecule has 2 saturated heterocycles. The van der Waals surface area contributed by atoms with Gasteiger partial charge in [0, 0.05) is 32.2 Å². The van der Waals surface area contributed by atoms with Gasteiger partial charge < -0.3 is 10.2 Å². The van der Waals surface area contributed by atoms with Crippen LogP contribution in [-0.2, 0) is 14.8 Å². The Morgan fingerprint density at radius 2 is 2.08 bits per heavy atom. The SMILES string of the molecule is C[C@@H]1CCCN(S(=O)(=O)c2ccc(N3CCNC(=O)C3)c([N+](=O)[O-])c2)C1. The molecule has 1 aromatic rings. The second-order valence-corrected chi connectivity index (χ2v) is 8.73. The molecule has 9 nitrogen and oxygen atoms in total. The second-order valence-electron chi connectivity index (χ2n) is 6.79. The molecule has 1 N–H and O–H groups in total. The van der Waals surface area contributed by atoms with E-state index >= 15 is 0 Å². The van der Waals surface area contributed by atoms with E-state index in [9.17, 15) is 23.3 Å². The van der Waals surface area contributed by atoms with E-state index in [0.717, 1.165) is 18.9 Å². The van der Waals surface area contributed by atoms with Gasteiger partial charge in [-0.3, -0.25) is 14.9 Å². The number of benzene rings is 1. The molecule has 0 unspecified atom stereocenters. The number of nitro groups is 1. The summed E-state index contributed by atoms with van der Waals surface area (Å²) in [5, 5.41) is 14.2. The van der Waals surface area contributed by atoms with Crippen LogP contribution >= 0.6 is 0 Å². The van der Waals surface area contributed by atoms with E-state index in [2.05, 4.69) is 5.32 Å². The van der Waals surface area contributed by atoms with Crippen LogP contribution in [0.5, 0.6) is 0 Å². The van der Waals surface area contributed by atoms with Crippen LogP contribution in [0.15, 0.2) is 23.1 Å². The van der Waals surface area contributed by atoms with Gasteiger partial charge in [-0.2, -0.15) is 4.31 Å². The number of sulfonamides is 1. The third-order valence-corrected chi connectivity index (χ3v) is 6.64. The van der Waals surface area contributed by atoms with E-state index in [1.54, 1.807) is 4.90 Å². The molecule has 1 aromatic carbocycles. The maximum absolute atomic E-state index is 12.9. The predicted molar refractivity (Wildman–Crippen MR) is 95.5 cm³/mol. The Morgan fingerprint density at radius 3 is 2.73 bits per heavy atom. The molecule has 2 aliphatic rings. The van der Waals surface area contributed by atoms with Gasteiger partial charge in [-0.25, -0.2) is 8.42 Å². The first-order chi connectivity index (χ1) is 12.3. The fourth-order valence-electron chi connectivity index (χ4n) is 3.44. The lowest BCUT2D eigenvalue weighted by molar-refractivity contribution is -0.384. The Kier molecular flexibility index (Phi) is 5.15. The number of hydrogen-bond acceptors (Lipinski definition) is 6. The number of nitrogens with zero attached hydrogens (tertiary/aromatic N) is 3. The monoisotopic (exact) mass is 382 g/mol. The lowest BCUT2D eigenvalue weighted by Gasteiger charge is -2.30. The van der Waals surface area contributed by atoms with Crippen LogP contribution in [0.3, 0.4) is 0 Å². The van der Waals surface area contributed by atoms with Crippen molar-refractivity contribution >= 4 is 27.3 Å². The highest BCUT2D eigenvalue weighted by Gasteiger charge is 2.32. The molecule has 0 spiro atoms. The molecule has 0 bridgehead atoms. The average molecular weight is 382 g/mol. The predicted octanol–water partition coefficient (Wildman–Crippen LogP) is 0.952. The van der Waals surface area contributed by atoms with E-state index in [1.165, 1.54) is 16.4 Å². The fraction of sp³-hybridized carbons (Fsp3) is 0.562. The molecule has 1 amide bonds. The standard InChI is InChI=1S/C16H22N4O5S/c1-12-3-2-7-19(10-12)26(24,25)13-4-5-14(15(9-13)20(22)23)18-8-6-17-16(21)11-18/h4-5,9,12H,2-3,6-8,10-11H2,1H3,(H,17,21)/t12-/m1/s1. The highest BCUT2D eigenvalue weighted by atomic mass is 32.2. The summed E-state index contributed by atoms with van der Waals surface area (Å²) < 4.78 is 27.1. The van der Waals surface area contributed by atoms with Crippen molar-refractivity contribution < 1.29 is 18.1 Å². The summed E-state index contributed by atoms with van der Waals surface area (Å²) in [7, 11) is -3.78. The molecule has 0 saturated carbocycles. The van der Waals surface area contributed by atoms with Crippen molar-refractivity contribution in [1.82, 2.24) is 9.62 Å². The summed E-state index contributed by atoms with van der Waals surface area (Å²) in [6.07, 6.45) is 1.76. The summed E-state index contributed by atoms with van der Waals surface area (Å²) in [6.45, 7) is 3.67. The summed E-state index contributed by atoms with van der Waals surface area (Å²) in [6, 6.07) is 3.93. The van der Waals surface area contributed by atoms with E-state index in [1.807, 2.05) is 6.92 Å². The largest absolute Gasteiger partial charge is 0.355 e. The van der Waals surface area contributed by atoms with Crippen LogP contribution in [-0.4, -0.2) is 56.3 Å². The Morgan fingerprint density at radius 1 is 1.31 bits per heavy atom. The molecule has 0 radical (unpaired) electrons. The first-order valence-electron chi connectivity index (χ1n) is 8.59. The quantitative estimate of drug-likeness (QED) is 0.613. The number of piperidine rings is 1. The Labute approximate surface area is 152 Å². The van der Waals surface area contributed by atoms with Crippen LogP contribution in [0.25, 0.3) is 0 Å². The van der Waals surface area contributed by atoms with Gasteiger partial charge in [0.05, 0.1) is 16.4 Å². The molecule has 0 aromatic heterocycles. The highest BCUT2D eigenvalue weighted by molar-refractivity contribution is 7.89. The molecular weight excluding hydrogens is 360 g/mol. The van der Waals surface area contributed by atoms with Gasteiger partial charge in [-0.15, -0.1) is 0 Å². The van der Waals surface area contributed by atoms with Crippen LogP contribution in [0.1, 0.15) is 19.8 Å². The number of rotatable bonds is 4. The third-order valence-electron chi connectivity index (χ3n) is 4.78. The minimum absolute atomic E-state index is 0.0105. The van der Waals surface area contributed by atoms with Gasteiger partial charge >= 0.3 is 0 Å². The number of carbonyl (C=O) groups excluding carboxylic acids is 1. The van der Waals surface area contributed by atoms with Crippen molar-refractivity contribution in [3.8, 4) is 0 Å². The van der Waals surface area contributed by atoms with Gasteiger partial charge in [0.25, 0.3) is 5.69 Å². The number of amides is 1. The minimum Gasteiger partial charge on any atom is -0.355 e. The fourth-order valence-corrected chi connectivity index (χ4v) is 5.05. The van der Waals surface area contributed by atoms with Crippen LogP contribution in [0, 0.1) is 16.0 Å².